The molecule has 1 rings (SSSR count). The first-order valence-corrected chi connectivity index (χ1v) is 6.09. The highest BCUT2D eigenvalue weighted by Gasteiger charge is 2.23. The molecule has 1 amide bonds. The molecule has 0 saturated heterocycles. The zero-order valence-electron chi connectivity index (χ0n) is 10.9. The average Bonchev–Trinajstić information content (AvgIpc) is 2.28. The molecular formula is C14H22N2O. The highest BCUT2D eigenvalue weighted by atomic mass is 16.2. The van der Waals surface area contributed by atoms with Gasteiger partial charge in [0.25, 0.3) is 0 Å². The van der Waals surface area contributed by atoms with E-state index in [0.717, 1.165) is 18.4 Å². The lowest BCUT2D eigenvalue weighted by Crippen LogP contribution is -2.47. The third-order valence-corrected chi connectivity index (χ3v) is 2.78. The Balaban J connectivity index is 2.65. The monoisotopic (exact) mass is 234 g/mol. The van der Waals surface area contributed by atoms with E-state index < -0.39 is 6.04 Å². The zero-order valence-corrected chi connectivity index (χ0v) is 10.9. The van der Waals surface area contributed by atoms with Crippen LogP contribution in [-0.2, 0) is 4.79 Å². The van der Waals surface area contributed by atoms with Crippen molar-refractivity contribution >= 4 is 5.91 Å². The van der Waals surface area contributed by atoms with E-state index in [1.165, 1.54) is 0 Å². The van der Waals surface area contributed by atoms with Crippen LogP contribution in [0.3, 0.4) is 0 Å². The topological polar surface area (TPSA) is 55.1 Å². The molecule has 1 atom stereocenters. The number of hydrogen-bond donors (Lipinski definition) is 2. The third kappa shape index (κ3) is 4.19. The van der Waals surface area contributed by atoms with Crippen molar-refractivity contribution in [2.75, 3.05) is 0 Å². The lowest BCUT2D eigenvalue weighted by atomic mass is 9.97. The van der Waals surface area contributed by atoms with Crippen LogP contribution >= 0.6 is 0 Å². The molecule has 1 aromatic rings. The van der Waals surface area contributed by atoms with E-state index in [9.17, 15) is 4.79 Å². The number of rotatable bonds is 5. The molecule has 0 aromatic heterocycles. The van der Waals surface area contributed by atoms with E-state index in [1.807, 2.05) is 44.2 Å². The molecule has 0 aliphatic rings. The number of amides is 1. The van der Waals surface area contributed by atoms with Crippen LogP contribution in [0.2, 0.25) is 0 Å². The molecule has 0 spiro atoms. The number of nitrogens with two attached hydrogens (primary N) is 1. The van der Waals surface area contributed by atoms with Gasteiger partial charge in [0.05, 0.1) is 0 Å². The Hall–Kier alpha value is -1.35. The van der Waals surface area contributed by atoms with Crippen LogP contribution in [0.1, 0.15) is 45.2 Å². The van der Waals surface area contributed by atoms with E-state index in [0.29, 0.717) is 0 Å². The predicted octanol–water partition coefficient (Wildman–Crippen LogP) is 2.38. The first kappa shape index (κ1) is 13.7. The molecule has 0 radical (unpaired) electrons. The first-order valence-electron chi connectivity index (χ1n) is 6.09. The Kier molecular flexibility index (Phi) is 4.70. The Labute approximate surface area is 103 Å². The van der Waals surface area contributed by atoms with Crippen molar-refractivity contribution in [1.82, 2.24) is 5.32 Å². The lowest BCUT2D eigenvalue weighted by Gasteiger charge is -2.27. The molecule has 0 saturated carbocycles. The normalized spacial score (nSPS) is 13.2. The molecule has 3 N–H and O–H groups in total. The van der Waals surface area contributed by atoms with Crippen LogP contribution in [-0.4, -0.2) is 11.4 Å². The molecule has 0 fully saturated rings. The average molecular weight is 234 g/mol. The molecule has 3 nitrogen and oxygen atoms in total. The van der Waals surface area contributed by atoms with Gasteiger partial charge in [0.15, 0.2) is 0 Å². The molecule has 0 unspecified atom stereocenters. The molecule has 3 heteroatoms. The van der Waals surface area contributed by atoms with Crippen LogP contribution in [0.4, 0.5) is 0 Å². The minimum absolute atomic E-state index is 0.116. The van der Waals surface area contributed by atoms with Gasteiger partial charge in [-0.05, 0) is 25.8 Å². The van der Waals surface area contributed by atoms with Crippen molar-refractivity contribution in [2.45, 2.75) is 45.2 Å². The van der Waals surface area contributed by atoms with Crippen LogP contribution in [0.5, 0.6) is 0 Å². The maximum atomic E-state index is 12.0. The molecule has 0 heterocycles. The summed E-state index contributed by atoms with van der Waals surface area (Å²) in [6.45, 7) is 6.14. The Bertz CT molecular complexity index is 360. The minimum atomic E-state index is -0.590. The van der Waals surface area contributed by atoms with Gasteiger partial charge < -0.3 is 11.1 Å². The summed E-state index contributed by atoms with van der Waals surface area (Å²) in [4.78, 5) is 12.0. The summed E-state index contributed by atoms with van der Waals surface area (Å²) in [5.74, 6) is -0.116. The van der Waals surface area contributed by atoms with Crippen LogP contribution in [0.25, 0.3) is 0 Å². The molecule has 94 valence electrons. The number of benzene rings is 1. The van der Waals surface area contributed by atoms with Gasteiger partial charge in [-0.2, -0.15) is 0 Å². The Morgan fingerprint density at radius 2 is 1.94 bits per heavy atom. The smallest absolute Gasteiger partial charge is 0.241 e. The quantitative estimate of drug-likeness (QED) is 0.822. The van der Waals surface area contributed by atoms with E-state index in [2.05, 4.69) is 12.2 Å². The largest absolute Gasteiger partial charge is 0.350 e. The van der Waals surface area contributed by atoms with Gasteiger partial charge >= 0.3 is 0 Å². The second-order valence-electron chi connectivity index (χ2n) is 5.01. The highest BCUT2D eigenvalue weighted by Crippen LogP contribution is 2.14. The standard InChI is InChI=1S/C14H22N2O/c1-4-10-14(2,3)16-13(17)12(15)11-8-6-5-7-9-11/h5-9,12H,4,10,15H2,1-3H3,(H,16,17)/t12-/m1/s1. The predicted molar refractivity (Wildman–Crippen MR) is 70.5 cm³/mol. The summed E-state index contributed by atoms with van der Waals surface area (Å²) >= 11 is 0. The van der Waals surface area contributed by atoms with Gasteiger partial charge in [0.1, 0.15) is 6.04 Å². The molecule has 17 heavy (non-hydrogen) atoms. The van der Waals surface area contributed by atoms with Gasteiger partial charge in [-0.3, -0.25) is 4.79 Å². The minimum Gasteiger partial charge on any atom is -0.350 e. The molecule has 1 aromatic carbocycles. The number of hydrogen-bond acceptors (Lipinski definition) is 2. The highest BCUT2D eigenvalue weighted by molar-refractivity contribution is 5.83. The lowest BCUT2D eigenvalue weighted by molar-refractivity contribution is -0.124. The molecule has 0 aliphatic heterocycles. The fourth-order valence-corrected chi connectivity index (χ4v) is 1.91. The Morgan fingerprint density at radius 3 is 2.47 bits per heavy atom. The van der Waals surface area contributed by atoms with Crippen molar-refractivity contribution in [1.29, 1.82) is 0 Å². The van der Waals surface area contributed by atoms with Gasteiger partial charge in [0.2, 0.25) is 5.91 Å². The van der Waals surface area contributed by atoms with E-state index in [4.69, 9.17) is 5.73 Å². The first-order chi connectivity index (χ1) is 7.96. The fraction of sp³-hybridized carbons (Fsp3) is 0.500. The zero-order chi connectivity index (χ0) is 12.9. The van der Waals surface area contributed by atoms with E-state index >= 15 is 0 Å². The van der Waals surface area contributed by atoms with Crippen molar-refractivity contribution in [3.63, 3.8) is 0 Å². The second-order valence-corrected chi connectivity index (χ2v) is 5.01. The van der Waals surface area contributed by atoms with Crippen molar-refractivity contribution < 1.29 is 4.79 Å². The summed E-state index contributed by atoms with van der Waals surface area (Å²) in [6.07, 6.45) is 1.98. The maximum absolute atomic E-state index is 12.0. The number of carbonyl (C=O) groups excluding carboxylic acids is 1. The fourth-order valence-electron chi connectivity index (χ4n) is 1.91. The SMILES string of the molecule is CCCC(C)(C)NC(=O)[C@H](N)c1ccccc1. The summed E-state index contributed by atoms with van der Waals surface area (Å²) in [6, 6.07) is 8.84. The van der Waals surface area contributed by atoms with E-state index in [1.54, 1.807) is 0 Å². The van der Waals surface area contributed by atoms with Crippen LogP contribution in [0.15, 0.2) is 30.3 Å². The van der Waals surface area contributed by atoms with E-state index in [-0.39, 0.29) is 11.4 Å². The van der Waals surface area contributed by atoms with Crippen molar-refractivity contribution in [3.05, 3.63) is 35.9 Å². The third-order valence-electron chi connectivity index (χ3n) is 2.78. The van der Waals surface area contributed by atoms with Crippen LogP contribution in [0, 0.1) is 0 Å². The summed E-state index contributed by atoms with van der Waals surface area (Å²) in [5.41, 5.74) is 6.58. The maximum Gasteiger partial charge on any atom is 0.241 e. The number of nitrogens with one attached hydrogen (secondary N) is 1. The van der Waals surface area contributed by atoms with Gasteiger partial charge in [-0.15, -0.1) is 0 Å². The summed E-state index contributed by atoms with van der Waals surface area (Å²) in [7, 11) is 0. The van der Waals surface area contributed by atoms with Crippen LogP contribution < -0.4 is 11.1 Å². The number of carbonyl (C=O) groups is 1. The summed E-state index contributed by atoms with van der Waals surface area (Å²) in [5, 5.41) is 2.99. The molecular weight excluding hydrogens is 212 g/mol. The van der Waals surface area contributed by atoms with Gasteiger partial charge in [0, 0.05) is 5.54 Å². The second kappa shape index (κ2) is 5.82. The van der Waals surface area contributed by atoms with Crippen molar-refractivity contribution in [2.24, 2.45) is 5.73 Å². The van der Waals surface area contributed by atoms with Gasteiger partial charge in [-0.1, -0.05) is 43.7 Å². The Morgan fingerprint density at radius 1 is 1.35 bits per heavy atom. The van der Waals surface area contributed by atoms with Crippen molar-refractivity contribution in [3.8, 4) is 0 Å². The molecule has 0 bridgehead atoms. The molecule has 0 aliphatic carbocycles. The summed E-state index contributed by atoms with van der Waals surface area (Å²) < 4.78 is 0. The van der Waals surface area contributed by atoms with Gasteiger partial charge in [-0.25, -0.2) is 0 Å².